The third kappa shape index (κ3) is 5.66. The predicted octanol–water partition coefficient (Wildman–Crippen LogP) is 15.8. The molecule has 4 aromatic heterocycles. The van der Waals surface area contributed by atoms with Crippen molar-refractivity contribution >= 4 is 65.6 Å². The van der Waals surface area contributed by atoms with Crippen molar-refractivity contribution in [1.29, 1.82) is 0 Å². The number of furan rings is 1. The van der Waals surface area contributed by atoms with Crippen LogP contribution in [0.2, 0.25) is 0 Å². The van der Waals surface area contributed by atoms with E-state index in [1.54, 1.807) is 0 Å². The molecule has 0 aliphatic heterocycles. The number of rotatable bonds is 6. The summed E-state index contributed by atoms with van der Waals surface area (Å²) in [6, 6.07) is 80.3. The van der Waals surface area contributed by atoms with Gasteiger partial charge in [0.25, 0.3) is 0 Å². The Morgan fingerprint density at radius 1 is 0.302 bits per heavy atom. The summed E-state index contributed by atoms with van der Waals surface area (Å²) in [5, 5.41) is 7.10. The van der Waals surface area contributed by atoms with Gasteiger partial charge in [0.2, 0.25) is 0 Å². The third-order valence-electron chi connectivity index (χ3n) is 12.7. The van der Waals surface area contributed by atoms with E-state index in [0.29, 0.717) is 0 Å². The zero-order valence-electron chi connectivity index (χ0n) is 34.1. The first-order valence-corrected chi connectivity index (χ1v) is 21.4. The lowest BCUT2D eigenvalue weighted by Gasteiger charge is -2.12. The fraction of sp³-hybridized carbons (Fsp3) is 0. The van der Waals surface area contributed by atoms with Crippen molar-refractivity contribution in [2.24, 2.45) is 0 Å². The highest BCUT2D eigenvalue weighted by Gasteiger charge is 2.19. The smallest absolute Gasteiger partial charge is 0.143 e. The fourth-order valence-corrected chi connectivity index (χ4v) is 9.80. The van der Waals surface area contributed by atoms with E-state index in [4.69, 9.17) is 9.40 Å². The minimum absolute atomic E-state index is 0.896. The Bertz CT molecular complexity index is 3910. The van der Waals surface area contributed by atoms with Gasteiger partial charge < -0.3 is 13.6 Å². The second-order valence-electron chi connectivity index (χ2n) is 16.3. The lowest BCUT2D eigenvalue weighted by molar-refractivity contribution is 0.670. The van der Waals surface area contributed by atoms with Gasteiger partial charge in [-0.1, -0.05) is 146 Å². The summed E-state index contributed by atoms with van der Waals surface area (Å²) in [7, 11) is 0. The maximum Gasteiger partial charge on any atom is 0.143 e. The lowest BCUT2D eigenvalue weighted by atomic mass is 9.99. The SMILES string of the molecule is c1ccc(-c2cccc(-c3cccc(-n4c5ccc(-c6ccc7c(c6)c6ccccc6n7-c6ccccc6)cc5c5ccc(-c6cccc7c6oc6ccccc67)cc54)c3)n2)cc1. The highest BCUT2D eigenvalue weighted by atomic mass is 16.3. The largest absolute Gasteiger partial charge is 0.455 e. The van der Waals surface area contributed by atoms with Crippen LogP contribution < -0.4 is 0 Å². The van der Waals surface area contributed by atoms with E-state index in [1.807, 2.05) is 18.2 Å². The average Bonchev–Trinajstić information content (AvgIpc) is 4.02. The molecular formula is C59H37N3O. The van der Waals surface area contributed by atoms with Gasteiger partial charge in [0.1, 0.15) is 11.2 Å². The van der Waals surface area contributed by atoms with Crippen LogP contribution in [0.25, 0.3) is 122 Å². The van der Waals surface area contributed by atoms with Crippen molar-refractivity contribution < 1.29 is 4.42 Å². The number of pyridine rings is 1. The molecule has 294 valence electrons. The number of para-hydroxylation sites is 4. The van der Waals surface area contributed by atoms with Gasteiger partial charge in [0.15, 0.2) is 0 Å². The average molecular weight is 804 g/mol. The molecule has 4 heterocycles. The normalized spacial score (nSPS) is 11.8. The number of fused-ring (bicyclic) bond motifs is 9. The standard InChI is InChI=1S/C59H37N3O/c1-3-14-38(15-4-1)52-24-13-25-53(60-52)42-16-11-19-44(34-42)62-56-33-30-40(39-29-32-55-50(35-39)46-20-7-9-26-54(46)61(55)43-17-5-2-6-18-43)36-51(56)47-31-28-41(37-57(47)62)45-22-12-23-49-48-21-8-10-27-58(48)63-59(45)49/h1-37H. The van der Waals surface area contributed by atoms with E-state index in [2.05, 4.69) is 215 Å². The number of benzene rings is 9. The zero-order chi connectivity index (χ0) is 41.4. The van der Waals surface area contributed by atoms with Crippen LogP contribution >= 0.6 is 0 Å². The van der Waals surface area contributed by atoms with E-state index in [1.165, 1.54) is 43.7 Å². The first-order valence-electron chi connectivity index (χ1n) is 21.4. The van der Waals surface area contributed by atoms with Crippen LogP contribution in [0, 0.1) is 0 Å². The van der Waals surface area contributed by atoms with E-state index in [9.17, 15) is 0 Å². The van der Waals surface area contributed by atoms with E-state index in [0.717, 1.165) is 78.0 Å². The molecule has 0 unspecified atom stereocenters. The molecule has 0 radical (unpaired) electrons. The van der Waals surface area contributed by atoms with Gasteiger partial charge in [-0.3, -0.25) is 0 Å². The third-order valence-corrected chi connectivity index (χ3v) is 12.7. The van der Waals surface area contributed by atoms with Crippen LogP contribution in [0.5, 0.6) is 0 Å². The minimum Gasteiger partial charge on any atom is -0.455 e. The number of hydrogen-bond donors (Lipinski definition) is 0. The number of aromatic nitrogens is 3. The van der Waals surface area contributed by atoms with Crippen molar-refractivity contribution in [3.05, 3.63) is 224 Å². The Balaban J connectivity index is 1.01. The molecular weight excluding hydrogens is 767 g/mol. The molecule has 0 aliphatic rings. The molecule has 9 aromatic carbocycles. The van der Waals surface area contributed by atoms with E-state index < -0.39 is 0 Å². The first-order chi connectivity index (χ1) is 31.2. The monoisotopic (exact) mass is 803 g/mol. The van der Waals surface area contributed by atoms with Crippen molar-refractivity contribution in [3.8, 4) is 56.1 Å². The highest BCUT2D eigenvalue weighted by Crippen LogP contribution is 2.42. The van der Waals surface area contributed by atoms with Gasteiger partial charge in [0, 0.05) is 60.4 Å². The van der Waals surface area contributed by atoms with Crippen molar-refractivity contribution in [3.63, 3.8) is 0 Å². The maximum atomic E-state index is 6.56. The molecule has 0 fully saturated rings. The highest BCUT2D eigenvalue weighted by molar-refractivity contribution is 6.14. The second kappa shape index (κ2) is 14.1. The van der Waals surface area contributed by atoms with Gasteiger partial charge in [-0.2, -0.15) is 0 Å². The summed E-state index contributed by atoms with van der Waals surface area (Å²) >= 11 is 0. The Labute approximate surface area is 363 Å². The van der Waals surface area contributed by atoms with Crippen molar-refractivity contribution in [2.75, 3.05) is 0 Å². The van der Waals surface area contributed by atoms with Crippen LogP contribution in [-0.2, 0) is 0 Å². The molecule has 13 aromatic rings. The molecule has 0 N–H and O–H groups in total. The van der Waals surface area contributed by atoms with Crippen molar-refractivity contribution in [1.82, 2.24) is 14.1 Å². The lowest BCUT2D eigenvalue weighted by Crippen LogP contribution is -1.95. The number of hydrogen-bond acceptors (Lipinski definition) is 2. The Morgan fingerprint density at radius 3 is 1.65 bits per heavy atom. The Morgan fingerprint density at radius 2 is 0.857 bits per heavy atom. The van der Waals surface area contributed by atoms with E-state index >= 15 is 0 Å². The second-order valence-corrected chi connectivity index (χ2v) is 16.3. The molecule has 0 atom stereocenters. The molecule has 4 heteroatoms. The molecule has 63 heavy (non-hydrogen) atoms. The van der Waals surface area contributed by atoms with Crippen LogP contribution in [-0.4, -0.2) is 14.1 Å². The summed E-state index contributed by atoms with van der Waals surface area (Å²) < 4.78 is 11.3. The van der Waals surface area contributed by atoms with Crippen LogP contribution in [0.3, 0.4) is 0 Å². The summed E-state index contributed by atoms with van der Waals surface area (Å²) in [6.45, 7) is 0. The Kier molecular flexibility index (Phi) is 7.87. The summed E-state index contributed by atoms with van der Waals surface area (Å²) in [5.74, 6) is 0. The van der Waals surface area contributed by atoms with E-state index in [-0.39, 0.29) is 0 Å². The van der Waals surface area contributed by atoms with Gasteiger partial charge in [-0.05, 0) is 95.6 Å². The molecule has 0 bridgehead atoms. The summed E-state index contributed by atoms with van der Waals surface area (Å²) in [6.07, 6.45) is 0. The molecule has 0 saturated carbocycles. The van der Waals surface area contributed by atoms with Gasteiger partial charge in [0.05, 0.1) is 33.5 Å². The zero-order valence-corrected chi connectivity index (χ0v) is 34.1. The fourth-order valence-electron chi connectivity index (χ4n) is 9.80. The van der Waals surface area contributed by atoms with Crippen LogP contribution in [0.1, 0.15) is 0 Å². The quantitative estimate of drug-likeness (QED) is 0.168. The first kappa shape index (κ1) is 35.3. The predicted molar refractivity (Wildman–Crippen MR) is 262 cm³/mol. The van der Waals surface area contributed by atoms with Crippen LogP contribution in [0.15, 0.2) is 229 Å². The molecule has 4 nitrogen and oxygen atoms in total. The minimum atomic E-state index is 0.896. The number of nitrogens with zero attached hydrogens (tertiary/aromatic N) is 3. The molecule has 13 rings (SSSR count). The molecule has 0 saturated heterocycles. The van der Waals surface area contributed by atoms with Gasteiger partial charge >= 0.3 is 0 Å². The molecule has 0 spiro atoms. The van der Waals surface area contributed by atoms with Crippen molar-refractivity contribution in [2.45, 2.75) is 0 Å². The summed E-state index contributed by atoms with van der Waals surface area (Å²) in [5.41, 5.74) is 17.3. The Hall–Kier alpha value is -8.47. The van der Waals surface area contributed by atoms with Gasteiger partial charge in [-0.15, -0.1) is 0 Å². The molecule has 0 aliphatic carbocycles. The van der Waals surface area contributed by atoms with Crippen LogP contribution in [0.4, 0.5) is 0 Å². The topological polar surface area (TPSA) is 35.9 Å². The summed E-state index contributed by atoms with van der Waals surface area (Å²) in [4.78, 5) is 5.14. The molecule has 0 amide bonds. The van der Waals surface area contributed by atoms with Gasteiger partial charge in [-0.25, -0.2) is 4.98 Å². The maximum absolute atomic E-state index is 6.56.